The topological polar surface area (TPSA) is 80.1 Å². The molecule has 1 aliphatic rings. The number of amides is 2. The smallest absolute Gasteiger partial charge is 0.255 e. The molecule has 0 saturated carbocycles. The maximum Gasteiger partial charge on any atom is 0.255 e. The van der Waals surface area contributed by atoms with Crippen LogP contribution in [0.3, 0.4) is 0 Å². The lowest BCUT2D eigenvalue weighted by Crippen LogP contribution is -2.37. The predicted octanol–water partition coefficient (Wildman–Crippen LogP) is 1.83. The zero-order valence-electron chi connectivity index (χ0n) is 15.1. The van der Waals surface area contributed by atoms with Crippen LogP contribution in [-0.2, 0) is 11.3 Å². The van der Waals surface area contributed by atoms with Crippen LogP contribution in [0.2, 0.25) is 0 Å². The first-order valence-corrected chi connectivity index (χ1v) is 9.01. The van der Waals surface area contributed by atoms with E-state index in [9.17, 15) is 9.59 Å². The fraction of sp³-hybridized carbons (Fsp3) is 0.300. The van der Waals surface area contributed by atoms with E-state index >= 15 is 0 Å². The van der Waals surface area contributed by atoms with E-state index in [0.717, 1.165) is 12.1 Å². The Hall–Kier alpha value is -3.22. The first-order chi connectivity index (χ1) is 13.1. The van der Waals surface area contributed by atoms with Gasteiger partial charge in [-0.1, -0.05) is 30.3 Å². The van der Waals surface area contributed by atoms with Crippen molar-refractivity contribution in [3.63, 3.8) is 0 Å². The standard InChI is InChI=1S/C20H21N5O2/c1-14(26)23-17-7-8-24(12-17)20(27)16-9-18-19(21-10-16)25(13-22-18)11-15-5-3-2-4-6-15/h2-6,9-10,13,17H,7-8,11-12H2,1H3,(H,23,26). The van der Waals surface area contributed by atoms with Crippen molar-refractivity contribution in [2.45, 2.75) is 25.9 Å². The molecule has 1 atom stereocenters. The number of aromatic nitrogens is 3. The number of carbonyl (C=O) groups excluding carboxylic acids is 2. The van der Waals surface area contributed by atoms with Crippen LogP contribution in [0.1, 0.15) is 29.3 Å². The fourth-order valence-corrected chi connectivity index (χ4v) is 3.49. The van der Waals surface area contributed by atoms with Gasteiger partial charge >= 0.3 is 0 Å². The van der Waals surface area contributed by atoms with Gasteiger partial charge in [-0.15, -0.1) is 0 Å². The molecule has 4 rings (SSSR count). The van der Waals surface area contributed by atoms with Crippen molar-refractivity contribution < 1.29 is 9.59 Å². The minimum absolute atomic E-state index is 0.0215. The third-order valence-electron chi connectivity index (χ3n) is 4.78. The molecule has 1 N–H and O–H groups in total. The molecule has 7 heteroatoms. The monoisotopic (exact) mass is 363 g/mol. The molecule has 0 aliphatic carbocycles. The summed E-state index contributed by atoms with van der Waals surface area (Å²) < 4.78 is 1.97. The molecule has 3 aromatic rings. The summed E-state index contributed by atoms with van der Waals surface area (Å²) in [4.78, 5) is 34.6. The molecule has 1 fully saturated rings. The summed E-state index contributed by atoms with van der Waals surface area (Å²) in [6.45, 7) is 3.33. The van der Waals surface area contributed by atoms with Crippen molar-refractivity contribution in [2.24, 2.45) is 0 Å². The van der Waals surface area contributed by atoms with Crippen LogP contribution < -0.4 is 5.32 Å². The Morgan fingerprint density at radius 3 is 2.81 bits per heavy atom. The van der Waals surface area contributed by atoms with Gasteiger partial charge in [-0.2, -0.15) is 0 Å². The van der Waals surface area contributed by atoms with Crippen LogP contribution in [0.25, 0.3) is 11.2 Å². The molecule has 1 saturated heterocycles. The predicted molar refractivity (Wildman–Crippen MR) is 101 cm³/mol. The molecule has 1 unspecified atom stereocenters. The Bertz CT molecular complexity index is 982. The Balaban J connectivity index is 1.51. The van der Waals surface area contributed by atoms with Crippen molar-refractivity contribution in [1.29, 1.82) is 0 Å². The van der Waals surface area contributed by atoms with E-state index in [1.165, 1.54) is 12.5 Å². The fourth-order valence-electron chi connectivity index (χ4n) is 3.49. The van der Waals surface area contributed by atoms with Gasteiger partial charge in [-0.05, 0) is 18.1 Å². The highest BCUT2D eigenvalue weighted by molar-refractivity contribution is 5.96. The number of hydrogen-bond donors (Lipinski definition) is 1. The summed E-state index contributed by atoms with van der Waals surface area (Å²) in [6.07, 6.45) is 4.13. The van der Waals surface area contributed by atoms with Crippen LogP contribution in [0.4, 0.5) is 0 Å². The first kappa shape index (κ1) is 17.2. The van der Waals surface area contributed by atoms with Crippen LogP contribution >= 0.6 is 0 Å². The lowest BCUT2D eigenvalue weighted by molar-refractivity contribution is -0.119. The molecule has 2 amide bonds. The second kappa shape index (κ2) is 7.19. The number of rotatable bonds is 4. The van der Waals surface area contributed by atoms with Gasteiger partial charge in [0.25, 0.3) is 5.91 Å². The number of nitrogens with zero attached hydrogens (tertiary/aromatic N) is 4. The number of fused-ring (bicyclic) bond motifs is 1. The number of likely N-dealkylation sites (tertiary alicyclic amines) is 1. The molecule has 1 aromatic carbocycles. The lowest BCUT2D eigenvalue weighted by atomic mass is 10.2. The molecule has 3 heterocycles. The van der Waals surface area contributed by atoms with E-state index in [0.29, 0.717) is 30.7 Å². The summed E-state index contributed by atoms with van der Waals surface area (Å²) in [5.41, 5.74) is 3.15. The van der Waals surface area contributed by atoms with Gasteiger partial charge in [-0.3, -0.25) is 9.59 Å². The second-order valence-electron chi connectivity index (χ2n) is 6.86. The number of hydrogen-bond acceptors (Lipinski definition) is 4. The average molecular weight is 363 g/mol. The van der Waals surface area contributed by atoms with E-state index in [-0.39, 0.29) is 17.9 Å². The molecule has 7 nitrogen and oxygen atoms in total. The minimum atomic E-state index is -0.0742. The van der Waals surface area contributed by atoms with Crippen LogP contribution in [-0.4, -0.2) is 50.4 Å². The number of benzene rings is 1. The highest BCUT2D eigenvalue weighted by atomic mass is 16.2. The quantitative estimate of drug-likeness (QED) is 0.767. The van der Waals surface area contributed by atoms with Gasteiger partial charge in [0.2, 0.25) is 5.91 Å². The van der Waals surface area contributed by atoms with E-state index in [1.807, 2.05) is 22.8 Å². The molecule has 1 aliphatic heterocycles. The van der Waals surface area contributed by atoms with Crippen LogP contribution in [0.5, 0.6) is 0 Å². The summed E-state index contributed by atoms with van der Waals surface area (Å²) in [7, 11) is 0. The van der Waals surface area contributed by atoms with Crippen molar-refractivity contribution >= 4 is 23.0 Å². The van der Waals surface area contributed by atoms with Crippen molar-refractivity contribution in [1.82, 2.24) is 24.8 Å². The number of carbonyl (C=O) groups is 2. The Labute approximate surface area is 157 Å². The van der Waals surface area contributed by atoms with Crippen LogP contribution in [0.15, 0.2) is 48.9 Å². The molecule has 0 radical (unpaired) electrons. The molecule has 27 heavy (non-hydrogen) atoms. The molecule has 2 aromatic heterocycles. The molecule has 0 bridgehead atoms. The highest BCUT2D eigenvalue weighted by Crippen LogP contribution is 2.18. The maximum absolute atomic E-state index is 12.8. The largest absolute Gasteiger partial charge is 0.352 e. The third-order valence-corrected chi connectivity index (χ3v) is 4.78. The van der Waals surface area contributed by atoms with Crippen molar-refractivity contribution in [3.8, 4) is 0 Å². The summed E-state index contributed by atoms with van der Waals surface area (Å²) in [5, 5.41) is 2.87. The summed E-state index contributed by atoms with van der Waals surface area (Å²) >= 11 is 0. The van der Waals surface area contributed by atoms with Gasteiger partial charge in [0.1, 0.15) is 5.52 Å². The Morgan fingerprint density at radius 2 is 2.04 bits per heavy atom. The normalized spacial score (nSPS) is 16.6. The molecule has 0 spiro atoms. The first-order valence-electron chi connectivity index (χ1n) is 9.01. The van der Waals surface area contributed by atoms with E-state index in [1.54, 1.807) is 23.5 Å². The van der Waals surface area contributed by atoms with E-state index in [4.69, 9.17) is 0 Å². The number of nitrogens with one attached hydrogen (secondary N) is 1. The van der Waals surface area contributed by atoms with Gasteiger partial charge in [-0.25, -0.2) is 9.97 Å². The van der Waals surface area contributed by atoms with Gasteiger partial charge in [0, 0.05) is 32.3 Å². The Kier molecular flexibility index (Phi) is 4.58. The summed E-state index contributed by atoms with van der Waals surface area (Å²) in [6, 6.07) is 11.9. The highest BCUT2D eigenvalue weighted by Gasteiger charge is 2.27. The molecule has 138 valence electrons. The third kappa shape index (κ3) is 3.67. The minimum Gasteiger partial charge on any atom is -0.352 e. The summed E-state index contributed by atoms with van der Waals surface area (Å²) in [5.74, 6) is -0.142. The molecular weight excluding hydrogens is 342 g/mol. The van der Waals surface area contributed by atoms with Crippen molar-refractivity contribution in [2.75, 3.05) is 13.1 Å². The van der Waals surface area contributed by atoms with Gasteiger partial charge in [0.15, 0.2) is 5.65 Å². The number of pyridine rings is 1. The SMILES string of the molecule is CC(=O)NC1CCN(C(=O)c2cnc3c(c2)ncn3Cc2ccccc2)C1. The van der Waals surface area contributed by atoms with Gasteiger partial charge < -0.3 is 14.8 Å². The molecular formula is C20H21N5O2. The maximum atomic E-state index is 12.8. The second-order valence-corrected chi connectivity index (χ2v) is 6.86. The van der Waals surface area contributed by atoms with Crippen LogP contribution in [0, 0.1) is 0 Å². The van der Waals surface area contributed by atoms with Gasteiger partial charge in [0.05, 0.1) is 18.4 Å². The number of imidazole rings is 1. The zero-order valence-corrected chi connectivity index (χ0v) is 15.1. The zero-order chi connectivity index (χ0) is 18.8. The average Bonchev–Trinajstić information content (AvgIpc) is 3.28. The Morgan fingerprint density at radius 1 is 1.22 bits per heavy atom. The van der Waals surface area contributed by atoms with Crippen molar-refractivity contribution in [3.05, 3.63) is 60.0 Å². The van der Waals surface area contributed by atoms with E-state index < -0.39 is 0 Å². The lowest BCUT2D eigenvalue weighted by Gasteiger charge is -2.16. The van der Waals surface area contributed by atoms with E-state index in [2.05, 4.69) is 27.4 Å².